The molecule has 3 nitrogen and oxygen atoms in total. The topological polar surface area (TPSA) is 34.1 Å². The van der Waals surface area contributed by atoms with E-state index in [1.54, 1.807) is 6.20 Å². The second-order valence-corrected chi connectivity index (χ2v) is 4.92. The lowest BCUT2D eigenvalue weighted by Crippen LogP contribution is -1.90. The number of rotatable bonds is 2. The molecule has 0 bridgehead atoms. The summed E-state index contributed by atoms with van der Waals surface area (Å²) in [5.74, 6) is 1.73. The van der Waals surface area contributed by atoms with E-state index in [0.29, 0.717) is 0 Å². The van der Waals surface area contributed by atoms with Crippen LogP contribution in [0, 0.1) is 0 Å². The highest BCUT2D eigenvalue weighted by Gasteiger charge is 2.11. The molecule has 0 aliphatic carbocycles. The van der Waals surface area contributed by atoms with E-state index in [9.17, 15) is 0 Å². The summed E-state index contributed by atoms with van der Waals surface area (Å²) in [6.45, 7) is 1.01. The molecular weight excluding hydrogens is 248 g/mol. The highest BCUT2D eigenvalue weighted by molar-refractivity contribution is 5.84. The highest BCUT2D eigenvalue weighted by Crippen LogP contribution is 2.32. The third-order valence-corrected chi connectivity index (χ3v) is 3.62. The highest BCUT2D eigenvalue weighted by atomic mass is 16.5. The summed E-state index contributed by atoms with van der Waals surface area (Å²) in [6, 6.07) is 16.1. The van der Waals surface area contributed by atoms with Crippen molar-refractivity contribution in [1.29, 1.82) is 0 Å². The number of benzene rings is 2. The lowest BCUT2D eigenvalue weighted by Gasteiger charge is -2.09. The number of nitrogens with one attached hydrogen (secondary N) is 1. The van der Waals surface area contributed by atoms with Crippen molar-refractivity contribution >= 4 is 16.6 Å². The van der Waals surface area contributed by atoms with Crippen LogP contribution in [0.5, 0.6) is 11.5 Å². The molecule has 0 spiro atoms. The van der Waals surface area contributed by atoms with E-state index in [2.05, 4.69) is 22.4 Å². The second-order valence-electron chi connectivity index (χ2n) is 4.92. The molecule has 98 valence electrons. The predicted molar refractivity (Wildman–Crippen MR) is 80.5 cm³/mol. The second kappa shape index (κ2) is 4.53. The van der Waals surface area contributed by atoms with Gasteiger partial charge in [0, 0.05) is 23.8 Å². The van der Waals surface area contributed by atoms with Crippen LogP contribution in [0.2, 0.25) is 0 Å². The zero-order valence-corrected chi connectivity index (χ0v) is 11.0. The van der Waals surface area contributed by atoms with Crippen molar-refractivity contribution in [3.8, 4) is 11.5 Å². The Morgan fingerprint density at radius 3 is 3.00 bits per heavy atom. The van der Waals surface area contributed by atoms with Crippen LogP contribution in [-0.2, 0) is 6.42 Å². The van der Waals surface area contributed by atoms with Gasteiger partial charge in [0.2, 0.25) is 0 Å². The van der Waals surface area contributed by atoms with Gasteiger partial charge in [-0.2, -0.15) is 0 Å². The van der Waals surface area contributed by atoms with Crippen LogP contribution < -0.4 is 10.1 Å². The molecule has 0 saturated heterocycles. The van der Waals surface area contributed by atoms with E-state index in [-0.39, 0.29) is 0 Å². The molecule has 1 aliphatic rings. The number of ether oxygens (including phenoxy) is 1. The molecule has 1 aliphatic heterocycles. The minimum atomic E-state index is 0.849. The minimum Gasteiger partial charge on any atom is -0.457 e. The Morgan fingerprint density at radius 2 is 2.00 bits per heavy atom. The van der Waals surface area contributed by atoms with Crippen molar-refractivity contribution in [2.45, 2.75) is 6.42 Å². The maximum absolute atomic E-state index is 6.05. The molecule has 4 rings (SSSR count). The van der Waals surface area contributed by atoms with Crippen LogP contribution in [0.1, 0.15) is 5.56 Å². The number of nitrogens with zero attached hydrogens (tertiary/aromatic N) is 1. The van der Waals surface area contributed by atoms with E-state index in [0.717, 1.165) is 35.4 Å². The van der Waals surface area contributed by atoms with Crippen molar-refractivity contribution in [3.63, 3.8) is 0 Å². The van der Waals surface area contributed by atoms with Gasteiger partial charge in [0.1, 0.15) is 11.5 Å². The summed E-state index contributed by atoms with van der Waals surface area (Å²) >= 11 is 0. The SMILES string of the molecule is c1ccc2c(Oc3ccc4c(c3)CCN4)ccnc2c1. The fraction of sp³-hybridized carbons (Fsp3) is 0.118. The fourth-order valence-corrected chi connectivity index (χ4v) is 2.63. The Kier molecular flexibility index (Phi) is 2.56. The number of pyridine rings is 1. The first-order chi connectivity index (χ1) is 9.90. The average Bonchev–Trinajstić information content (AvgIpc) is 2.95. The molecule has 0 amide bonds. The van der Waals surface area contributed by atoms with Gasteiger partial charge in [0.15, 0.2) is 0 Å². The van der Waals surface area contributed by atoms with Crippen LogP contribution in [-0.4, -0.2) is 11.5 Å². The van der Waals surface area contributed by atoms with Crippen molar-refractivity contribution in [1.82, 2.24) is 4.98 Å². The molecule has 0 unspecified atom stereocenters. The van der Waals surface area contributed by atoms with Crippen LogP contribution in [0.3, 0.4) is 0 Å². The van der Waals surface area contributed by atoms with Crippen molar-refractivity contribution in [2.24, 2.45) is 0 Å². The summed E-state index contributed by atoms with van der Waals surface area (Å²) in [5.41, 5.74) is 3.49. The number of aromatic nitrogens is 1. The molecule has 0 radical (unpaired) electrons. The standard InChI is InChI=1S/C17H14N2O/c1-2-4-16-14(3-1)17(8-10-19-16)20-13-5-6-15-12(11-13)7-9-18-15/h1-6,8,10-11,18H,7,9H2. The van der Waals surface area contributed by atoms with Gasteiger partial charge in [0.05, 0.1) is 5.52 Å². The molecule has 0 fully saturated rings. The van der Waals surface area contributed by atoms with E-state index in [1.807, 2.05) is 36.4 Å². The minimum absolute atomic E-state index is 0.849. The third-order valence-electron chi connectivity index (χ3n) is 3.62. The maximum Gasteiger partial charge on any atom is 0.138 e. The number of anilines is 1. The molecule has 1 aromatic heterocycles. The normalized spacial score (nSPS) is 13.0. The first-order valence-corrected chi connectivity index (χ1v) is 6.78. The third kappa shape index (κ3) is 1.88. The Bertz CT molecular complexity index is 778. The number of hydrogen-bond acceptors (Lipinski definition) is 3. The predicted octanol–water partition coefficient (Wildman–Crippen LogP) is 4.00. The molecule has 0 atom stereocenters. The maximum atomic E-state index is 6.05. The molecule has 20 heavy (non-hydrogen) atoms. The zero-order chi connectivity index (χ0) is 13.4. The number of fused-ring (bicyclic) bond motifs is 2. The van der Waals surface area contributed by atoms with Gasteiger partial charge in [-0.05, 0) is 48.4 Å². The van der Waals surface area contributed by atoms with Crippen molar-refractivity contribution in [3.05, 3.63) is 60.3 Å². The monoisotopic (exact) mass is 262 g/mol. The van der Waals surface area contributed by atoms with Gasteiger partial charge in [0.25, 0.3) is 0 Å². The zero-order valence-electron chi connectivity index (χ0n) is 11.0. The average molecular weight is 262 g/mol. The summed E-state index contributed by atoms with van der Waals surface area (Å²) in [5, 5.41) is 4.39. The summed E-state index contributed by atoms with van der Waals surface area (Å²) < 4.78 is 6.05. The molecular formula is C17H14N2O. The van der Waals surface area contributed by atoms with Gasteiger partial charge < -0.3 is 10.1 Å². The van der Waals surface area contributed by atoms with E-state index in [4.69, 9.17) is 4.74 Å². The van der Waals surface area contributed by atoms with Gasteiger partial charge >= 0.3 is 0 Å². The van der Waals surface area contributed by atoms with Gasteiger partial charge in [-0.15, -0.1) is 0 Å². The largest absolute Gasteiger partial charge is 0.457 e. The van der Waals surface area contributed by atoms with E-state index >= 15 is 0 Å². The first-order valence-electron chi connectivity index (χ1n) is 6.78. The molecule has 0 saturated carbocycles. The van der Waals surface area contributed by atoms with Crippen LogP contribution in [0.4, 0.5) is 5.69 Å². The quantitative estimate of drug-likeness (QED) is 0.758. The number of para-hydroxylation sites is 1. The summed E-state index contributed by atoms with van der Waals surface area (Å²) in [6.07, 6.45) is 2.84. The first kappa shape index (κ1) is 11.3. The molecule has 3 aromatic rings. The lowest BCUT2D eigenvalue weighted by molar-refractivity contribution is 0.487. The van der Waals surface area contributed by atoms with Gasteiger partial charge in [-0.1, -0.05) is 12.1 Å². The van der Waals surface area contributed by atoms with Crippen molar-refractivity contribution in [2.75, 3.05) is 11.9 Å². The Labute approximate surface area is 117 Å². The van der Waals surface area contributed by atoms with Crippen LogP contribution >= 0.6 is 0 Å². The Balaban J connectivity index is 1.74. The van der Waals surface area contributed by atoms with Gasteiger partial charge in [-0.25, -0.2) is 0 Å². The smallest absolute Gasteiger partial charge is 0.138 e. The lowest BCUT2D eigenvalue weighted by atomic mass is 10.1. The van der Waals surface area contributed by atoms with Crippen LogP contribution in [0.15, 0.2) is 54.7 Å². The Morgan fingerprint density at radius 1 is 1.05 bits per heavy atom. The fourth-order valence-electron chi connectivity index (χ4n) is 2.63. The van der Waals surface area contributed by atoms with E-state index in [1.165, 1.54) is 11.3 Å². The molecule has 2 aromatic carbocycles. The Hall–Kier alpha value is -2.55. The number of hydrogen-bond donors (Lipinski definition) is 1. The van der Waals surface area contributed by atoms with Crippen molar-refractivity contribution < 1.29 is 4.74 Å². The summed E-state index contributed by atoms with van der Waals surface area (Å²) in [7, 11) is 0. The summed E-state index contributed by atoms with van der Waals surface area (Å²) in [4.78, 5) is 4.35. The molecule has 3 heteroatoms. The molecule has 2 heterocycles. The molecule has 1 N–H and O–H groups in total. The van der Waals surface area contributed by atoms with E-state index < -0.39 is 0 Å². The van der Waals surface area contributed by atoms with Crippen LogP contribution in [0.25, 0.3) is 10.9 Å². The van der Waals surface area contributed by atoms with Gasteiger partial charge in [-0.3, -0.25) is 4.98 Å².